The third kappa shape index (κ3) is 3.49. The Labute approximate surface area is 142 Å². The standard InChI is InChI=1S/C20H23NO3/c1-2-4-20-19(3-1)23-15-18(24-20)10-7-16-5-8-17(9-6-16)21-11-13-22-14-12-21/h1-6,8-9,18H,7,10-15H2/t18-/m1/s1. The molecule has 2 aliphatic heterocycles. The molecule has 0 amide bonds. The number of ether oxygens (including phenoxy) is 3. The van der Waals surface area contributed by atoms with E-state index >= 15 is 0 Å². The third-order valence-corrected chi connectivity index (χ3v) is 4.64. The Morgan fingerprint density at radius 1 is 0.917 bits per heavy atom. The van der Waals surface area contributed by atoms with Crippen LogP contribution in [0.3, 0.4) is 0 Å². The molecule has 4 nitrogen and oxygen atoms in total. The van der Waals surface area contributed by atoms with Gasteiger partial charge in [-0.05, 0) is 42.7 Å². The van der Waals surface area contributed by atoms with Crippen LogP contribution in [-0.4, -0.2) is 39.0 Å². The summed E-state index contributed by atoms with van der Waals surface area (Å²) in [6.45, 7) is 4.23. The molecular weight excluding hydrogens is 302 g/mol. The molecular formula is C20H23NO3. The fourth-order valence-corrected chi connectivity index (χ4v) is 3.23. The van der Waals surface area contributed by atoms with Crippen LogP contribution in [0.15, 0.2) is 48.5 Å². The molecule has 1 saturated heterocycles. The first-order chi connectivity index (χ1) is 11.9. The second-order valence-electron chi connectivity index (χ2n) is 6.30. The zero-order valence-corrected chi connectivity index (χ0v) is 13.8. The van der Waals surface area contributed by atoms with Gasteiger partial charge < -0.3 is 19.1 Å². The highest BCUT2D eigenvalue weighted by Gasteiger charge is 2.20. The summed E-state index contributed by atoms with van der Waals surface area (Å²) in [6, 6.07) is 16.8. The largest absolute Gasteiger partial charge is 0.486 e. The molecule has 0 aliphatic carbocycles. The predicted molar refractivity (Wildman–Crippen MR) is 94.1 cm³/mol. The number of nitrogens with zero attached hydrogens (tertiary/aromatic N) is 1. The maximum atomic E-state index is 6.03. The molecule has 0 unspecified atom stereocenters. The topological polar surface area (TPSA) is 30.9 Å². The van der Waals surface area contributed by atoms with Crippen LogP contribution in [0.1, 0.15) is 12.0 Å². The maximum absolute atomic E-state index is 6.03. The molecule has 1 atom stereocenters. The van der Waals surface area contributed by atoms with Gasteiger partial charge in [0.05, 0.1) is 13.2 Å². The van der Waals surface area contributed by atoms with E-state index in [1.165, 1.54) is 11.3 Å². The van der Waals surface area contributed by atoms with Gasteiger partial charge >= 0.3 is 0 Å². The molecule has 0 radical (unpaired) electrons. The molecule has 1 fully saturated rings. The van der Waals surface area contributed by atoms with E-state index in [0.717, 1.165) is 50.6 Å². The van der Waals surface area contributed by atoms with Gasteiger partial charge in [0.1, 0.15) is 12.7 Å². The molecule has 24 heavy (non-hydrogen) atoms. The van der Waals surface area contributed by atoms with E-state index in [0.29, 0.717) is 6.61 Å². The highest BCUT2D eigenvalue weighted by molar-refractivity contribution is 5.48. The fraction of sp³-hybridized carbons (Fsp3) is 0.400. The summed E-state index contributed by atoms with van der Waals surface area (Å²) in [5.74, 6) is 1.71. The highest BCUT2D eigenvalue weighted by atomic mass is 16.6. The number of benzene rings is 2. The minimum absolute atomic E-state index is 0.124. The number of fused-ring (bicyclic) bond motifs is 1. The minimum atomic E-state index is 0.124. The van der Waals surface area contributed by atoms with Crippen LogP contribution in [0.4, 0.5) is 5.69 Å². The van der Waals surface area contributed by atoms with Crippen molar-refractivity contribution < 1.29 is 14.2 Å². The van der Waals surface area contributed by atoms with Gasteiger partial charge in [-0.1, -0.05) is 24.3 Å². The van der Waals surface area contributed by atoms with Gasteiger partial charge in [0.25, 0.3) is 0 Å². The predicted octanol–water partition coefficient (Wildman–Crippen LogP) is 3.30. The number of hydrogen-bond donors (Lipinski definition) is 0. The SMILES string of the molecule is c1ccc2c(c1)OC[C@@H](CCc1ccc(N3CCOCC3)cc1)O2. The van der Waals surface area contributed by atoms with Crippen molar-refractivity contribution in [3.05, 3.63) is 54.1 Å². The Hall–Kier alpha value is -2.20. The second-order valence-corrected chi connectivity index (χ2v) is 6.30. The quantitative estimate of drug-likeness (QED) is 0.863. The second kappa shape index (κ2) is 7.14. The van der Waals surface area contributed by atoms with Gasteiger partial charge in [0, 0.05) is 18.8 Å². The van der Waals surface area contributed by atoms with Crippen LogP contribution >= 0.6 is 0 Å². The number of anilines is 1. The molecule has 4 heteroatoms. The van der Waals surface area contributed by atoms with Crippen LogP contribution in [0.2, 0.25) is 0 Å². The Kier molecular flexibility index (Phi) is 4.56. The van der Waals surface area contributed by atoms with Crippen molar-refractivity contribution in [2.24, 2.45) is 0 Å². The normalized spacial score (nSPS) is 20.0. The van der Waals surface area contributed by atoms with Gasteiger partial charge in [-0.15, -0.1) is 0 Å². The first-order valence-corrected chi connectivity index (χ1v) is 8.68. The van der Waals surface area contributed by atoms with E-state index in [9.17, 15) is 0 Å². The van der Waals surface area contributed by atoms with Crippen LogP contribution in [0.25, 0.3) is 0 Å². The number of para-hydroxylation sites is 2. The summed E-state index contributed by atoms with van der Waals surface area (Å²) in [5, 5.41) is 0. The lowest BCUT2D eigenvalue weighted by Gasteiger charge is -2.29. The van der Waals surface area contributed by atoms with Gasteiger partial charge in [-0.2, -0.15) is 0 Å². The lowest BCUT2D eigenvalue weighted by molar-refractivity contribution is 0.0851. The summed E-state index contributed by atoms with van der Waals surface area (Å²) >= 11 is 0. The van der Waals surface area contributed by atoms with Crippen LogP contribution in [-0.2, 0) is 11.2 Å². The van der Waals surface area contributed by atoms with E-state index < -0.39 is 0 Å². The maximum Gasteiger partial charge on any atom is 0.161 e. The molecule has 4 rings (SSSR count). The summed E-state index contributed by atoms with van der Waals surface area (Å²) in [7, 11) is 0. The first-order valence-electron chi connectivity index (χ1n) is 8.68. The molecule has 0 aromatic heterocycles. The zero-order chi connectivity index (χ0) is 16.2. The molecule has 0 saturated carbocycles. The lowest BCUT2D eigenvalue weighted by atomic mass is 10.1. The van der Waals surface area contributed by atoms with Crippen molar-refractivity contribution in [3.63, 3.8) is 0 Å². The molecule has 0 spiro atoms. The smallest absolute Gasteiger partial charge is 0.161 e. The van der Waals surface area contributed by atoms with Crippen LogP contribution in [0, 0.1) is 0 Å². The Balaban J connectivity index is 1.31. The van der Waals surface area contributed by atoms with E-state index in [-0.39, 0.29) is 6.10 Å². The fourth-order valence-electron chi connectivity index (χ4n) is 3.23. The average molecular weight is 325 g/mol. The van der Waals surface area contributed by atoms with E-state index in [4.69, 9.17) is 14.2 Å². The van der Waals surface area contributed by atoms with Crippen LogP contribution in [0.5, 0.6) is 11.5 Å². The number of morpholine rings is 1. The molecule has 2 aromatic carbocycles. The summed E-state index contributed by atoms with van der Waals surface area (Å²) < 4.78 is 17.2. The van der Waals surface area contributed by atoms with Crippen LogP contribution < -0.4 is 14.4 Å². The Morgan fingerprint density at radius 3 is 2.46 bits per heavy atom. The van der Waals surface area contributed by atoms with Gasteiger partial charge in [0.15, 0.2) is 11.5 Å². The lowest BCUT2D eigenvalue weighted by Crippen LogP contribution is -2.36. The minimum Gasteiger partial charge on any atom is -0.486 e. The van der Waals surface area contributed by atoms with E-state index in [1.807, 2.05) is 24.3 Å². The highest BCUT2D eigenvalue weighted by Crippen LogP contribution is 2.31. The summed E-state index contributed by atoms with van der Waals surface area (Å²) in [5.41, 5.74) is 2.63. The summed E-state index contributed by atoms with van der Waals surface area (Å²) in [6.07, 6.45) is 2.09. The van der Waals surface area contributed by atoms with Crippen molar-refractivity contribution in [1.29, 1.82) is 0 Å². The molecule has 0 N–H and O–H groups in total. The van der Waals surface area contributed by atoms with Gasteiger partial charge in [-0.25, -0.2) is 0 Å². The number of aryl methyl sites for hydroxylation is 1. The van der Waals surface area contributed by atoms with Crippen molar-refractivity contribution in [2.45, 2.75) is 18.9 Å². The first kappa shape index (κ1) is 15.3. The summed E-state index contributed by atoms with van der Waals surface area (Å²) in [4.78, 5) is 2.38. The number of rotatable bonds is 4. The Morgan fingerprint density at radius 2 is 1.67 bits per heavy atom. The molecule has 2 aromatic rings. The molecule has 2 aliphatic rings. The van der Waals surface area contributed by atoms with Gasteiger partial charge in [-0.3, -0.25) is 0 Å². The van der Waals surface area contributed by atoms with Gasteiger partial charge in [0.2, 0.25) is 0 Å². The molecule has 0 bridgehead atoms. The van der Waals surface area contributed by atoms with E-state index in [1.54, 1.807) is 0 Å². The van der Waals surface area contributed by atoms with Crippen molar-refractivity contribution in [2.75, 3.05) is 37.8 Å². The van der Waals surface area contributed by atoms with Crippen molar-refractivity contribution in [3.8, 4) is 11.5 Å². The van der Waals surface area contributed by atoms with Crippen molar-refractivity contribution in [1.82, 2.24) is 0 Å². The third-order valence-electron chi connectivity index (χ3n) is 4.64. The molecule has 2 heterocycles. The van der Waals surface area contributed by atoms with E-state index in [2.05, 4.69) is 29.2 Å². The molecule has 126 valence electrons. The van der Waals surface area contributed by atoms with Crippen molar-refractivity contribution >= 4 is 5.69 Å². The Bertz CT molecular complexity index is 665. The monoisotopic (exact) mass is 325 g/mol. The number of hydrogen-bond acceptors (Lipinski definition) is 4. The average Bonchev–Trinajstić information content (AvgIpc) is 2.67. The zero-order valence-electron chi connectivity index (χ0n) is 13.8.